The minimum absolute atomic E-state index is 0.114. The number of anilines is 3. The number of imide groups is 1. The van der Waals surface area contributed by atoms with Crippen molar-refractivity contribution in [3.05, 3.63) is 58.4 Å². The number of hydrogen-bond acceptors (Lipinski definition) is 6. The number of hydrogen-bond donors (Lipinski definition) is 0. The van der Waals surface area contributed by atoms with E-state index in [1.54, 1.807) is 24.3 Å². The van der Waals surface area contributed by atoms with Crippen molar-refractivity contribution in [2.45, 2.75) is 26.2 Å². The zero-order valence-corrected chi connectivity index (χ0v) is 19.0. The second-order valence-electron chi connectivity index (χ2n) is 9.52. The van der Waals surface area contributed by atoms with E-state index in [0.717, 1.165) is 17.0 Å². The van der Waals surface area contributed by atoms with Crippen molar-refractivity contribution in [2.24, 2.45) is 17.8 Å². The van der Waals surface area contributed by atoms with E-state index in [9.17, 15) is 24.1 Å². The maximum atomic E-state index is 13.2. The molecule has 2 heterocycles. The molecular weight excluding hydrogens is 439 g/mol. The van der Waals surface area contributed by atoms with Gasteiger partial charge in [0.15, 0.2) is 0 Å². The predicted molar refractivity (Wildman–Crippen MR) is 126 cm³/mol. The first-order valence-corrected chi connectivity index (χ1v) is 11.7. The van der Waals surface area contributed by atoms with Gasteiger partial charge < -0.3 is 9.80 Å². The maximum Gasteiger partial charge on any atom is 0.294 e. The molecule has 0 aromatic heterocycles. The van der Waals surface area contributed by atoms with Gasteiger partial charge in [0, 0.05) is 37.9 Å². The van der Waals surface area contributed by atoms with Gasteiger partial charge in [-0.2, -0.15) is 0 Å². The van der Waals surface area contributed by atoms with Crippen LogP contribution in [0.15, 0.2) is 42.5 Å². The SMILES string of the molecule is C[C@@H]1CC[C@@H]2C(=O)N(c3ccc(N4CCN(c5ccc(F)cc5)CC4)c([N+](=O)[O-])c3)C(=O)[C@H]2C1. The number of carbonyl (C=O) groups is 2. The first-order valence-electron chi connectivity index (χ1n) is 11.7. The molecule has 1 saturated carbocycles. The molecular formula is C25H27FN4O4. The summed E-state index contributed by atoms with van der Waals surface area (Å²) in [5.74, 6) is -1.02. The Morgan fingerprint density at radius 1 is 0.882 bits per heavy atom. The third kappa shape index (κ3) is 3.89. The monoisotopic (exact) mass is 466 g/mol. The van der Waals surface area contributed by atoms with Gasteiger partial charge in [0.1, 0.15) is 11.5 Å². The summed E-state index contributed by atoms with van der Waals surface area (Å²) in [6, 6.07) is 10.9. The van der Waals surface area contributed by atoms with Crippen molar-refractivity contribution in [3.8, 4) is 0 Å². The number of fused-ring (bicyclic) bond motifs is 1. The van der Waals surface area contributed by atoms with Crippen LogP contribution in [-0.2, 0) is 9.59 Å². The molecule has 178 valence electrons. The van der Waals surface area contributed by atoms with Crippen LogP contribution in [0, 0.1) is 33.7 Å². The van der Waals surface area contributed by atoms with E-state index in [0.29, 0.717) is 50.6 Å². The number of benzene rings is 2. The molecule has 3 aliphatic rings. The summed E-state index contributed by atoms with van der Waals surface area (Å²) in [6.07, 6.45) is 2.28. The number of halogens is 1. The molecule has 1 aliphatic carbocycles. The Morgan fingerprint density at radius 2 is 1.50 bits per heavy atom. The van der Waals surface area contributed by atoms with Crippen LogP contribution in [0.25, 0.3) is 0 Å². The zero-order valence-electron chi connectivity index (χ0n) is 19.0. The Morgan fingerprint density at radius 3 is 2.18 bits per heavy atom. The molecule has 9 heteroatoms. The van der Waals surface area contributed by atoms with E-state index in [1.807, 2.05) is 4.90 Å². The molecule has 5 rings (SSSR count). The number of piperazine rings is 1. The van der Waals surface area contributed by atoms with Gasteiger partial charge in [0.05, 0.1) is 22.4 Å². The minimum Gasteiger partial charge on any atom is -0.368 e. The van der Waals surface area contributed by atoms with E-state index in [1.165, 1.54) is 18.2 Å². The molecule has 8 nitrogen and oxygen atoms in total. The molecule has 2 amide bonds. The van der Waals surface area contributed by atoms with E-state index in [4.69, 9.17) is 0 Å². The lowest BCUT2D eigenvalue weighted by molar-refractivity contribution is -0.384. The lowest BCUT2D eigenvalue weighted by Crippen LogP contribution is -2.46. The highest BCUT2D eigenvalue weighted by atomic mass is 19.1. The van der Waals surface area contributed by atoms with Crippen LogP contribution < -0.4 is 14.7 Å². The number of carbonyl (C=O) groups excluding carboxylic acids is 2. The summed E-state index contributed by atoms with van der Waals surface area (Å²) >= 11 is 0. The second-order valence-corrected chi connectivity index (χ2v) is 9.52. The van der Waals surface area contributed by atoms with Crippen LogP contribution in [-0.4, -0.2) is 42.9 Å². The summed E-state index contributed by atoms with van der Waals surface area (Å²) in [6.45, 7) is 4.47. The molecule has 2 saturated heterocycles. The molecule has 2 aliphatic heterocycles. The van der Waals surface area contributed by atoms with Crippen molar-refractivity contribution in [2.75, 3.05) is 40.9 Å². The molecule has 2 aromatic carbocycles. The summed E-state index contributed by atoms with van der Waals surface area (Å²) in [5, 5.41) is 12.0. The highest BCUT2D eigenvalue weighted by Gasteiger charge is 2.50. The van der Waals surface area contributed by atoms with Crippen LogP contribution >= 0.6 is 0 Å². The van der Waals surface area contributed by atoms with E-state index >= 15 is 0 Å². The van der Waals surface area contributed by atoms with Crippen LogP contribution in [0.2, 0.25) is 0 Å². The summed E-state index contributed by atoms with van der Waals surface area (Å²) in [4.78, 5) is 42.8. The van der Waals surface area contributed by atoms with Crippen LogP contribution in [0.3, 0.4) is 0 Å². The molecule has 0 bridgehead atoms. The predicted octanol–water partition coefficient (Wildman–Crippen LogP) is 3.99. The molecule has 3 fully saturated rings. The number of rotatable bonds is 4. The summed E-state index contributed by atoms with van der Waals surface area (Å²) in [7, 11) is 0. The third-order valence-corrected chi connectivity index (χ3v) is 7.41. The van der Waals surface area contributed by atoms with Crippen LogP contribution in [0.4, 0.5) is 27.1 Å². The Balaban J connectivity index is 1.36. The number of nitrogens with zero attached hydrogens (tertiary/aromatic N) is 4. The van der Waals surface area contributed by atoms with Gasteiger partial charge in [-0.15, -0.1) is 0 Å². The van der Waals surface area contributed by atoms with Crippen LogP contribution in [0.5, 0.6) is 0 Å². The average Bonchev–Trinajstić information content (AvgIpc) is 3.08. The third-order valence-electron chi connectivity index (χ3n) is 7.41. The average molecular weight is 467 g/mol. The smallest absolute Gasteiger partial charge is 0.294 e. The van der Waals surface area contributed by atoms with Crippen molar-refractivity contribution < 1.29 is 18.9 Å². The highest BCUT2D eigenvalue weighted by Crippen LogP contribution is 2.43. The normalized spacial score (nSPS) is 25.0. The van der Waals surface area contributed by atoms with E-state index in [2.05, 4.69) is 11.8 Å². The largest absolute Gasteiger partial charge is 0.368 e. The van der Waals surface area contributed by atoms with Gasteiger partial charge in [-0.05, 0) is 61.6 Å². The Kier molecular flexibility index (Phi) is 5.71. The molecule has 0 spiro atoms. The second kappa shape index (κ2) is 8.70. The maximum absolute atomic E-state index is 13.2. The molecule has 0 radical (unpaired) electrons. The van der Waals surface area contributed by atoms with Crippen molar-refractivity contribution >= 4 is 34.6 Å². The fourth-order valence-corrected chi connectivity index (χ4v) is 5.57. The molecule has 0 unspecified atom stereocenters. The lowest BCUT2D eigenvalue weighted by Gasteiger charge is -2.37. The van der Waals surface area contributed by atoms with Gasteiger partial charge in [-0.25, -0.2) is 9.29 Å². The van der Waals surface area contributed by atoms with Gasteiger partial charge in [-0.1, -0.05) is 6.92 Å². The standard InChI is InChI=1S/C25H27FN4O4/c1-16-2-8-20-21(14-16)25(32)29(24(20)31)19-7-9-22(23(15-19)30(33)34)28-12-10-27(11-13-28)18-5-3-17(26)4-6-18/h3-7,9,15-16,20-21H,2,8,10-14H2,1H3/t16-,20+,21+/m1/s1. The first-order chi connectivity index (χ1) is 16.3. The molecule has 3 atom stereocenters. The lowest BCUT2D eigenvalue weighted by atomic mass is 9.76. The van der Waals surface area contributed by atoms with Crippen molar-refractivity contribution in [3.63, 3.8) is 0 Å². The van der Waals surface area contributed by atoms with Gasteiger partial charge >= 0.3 is 0 Å². The molecule has 2 aromatic rings. The molecule has 34 heavy (non-hydrogen) atoms. The minimum atomic E-state index is -0.453. The summed E-state index contributed by atoms with van der Waals surface area (Å²) < 4.78 is 13.2. The number of nitro benzene ring substituents is 1. The van der Waals surface area contributed by atoms with Gasteiger partial charge in [0.25, 0.3) is 5.69 Å². The Labute approximate surface area is 197 Å². The zero-order chi connectivity index (χ0) is 24.0. The van der Waals surface area contributed by atoms with Gasteiger partial charge in [0.2, 0.25) is 11.8 Å². The van der Waals surface area contributed by atoms with Gasteiger partial charge in [-0.3, -0.25) is 19.7 Å². The quantitative estimate of drug-likeness (QED) is 0.385. The number of amides is 2. The topological polar surface area (TPSA) is 87.0 Å². The van der Waals surface area contributed by atoms with E-state index < -0.39 is 4.92 Å². The fraction of sp³-hybridized carbons (Fsp3) is 0.440. The fourth-order valence-electron chi connectivity index (χ4n) is 5.57. The number of nitro groups is 1. The Hall–Kier alpha value is -3.49. The van der Waals surface area contributed by atoms with Crippen molar-refractivity contribution in [1.82, 2.24) is 0 Å². The highest BCUT2D eigenvalue weighted by molar-refractivity contribution is 6.22. The van der Waals surface area contributed by atoms with E-state index in [-0.39, 0.29) is 40.8 Å². The molecule has 0 N–H and O–H groups in total. The summed E-state index contributed by atoms with van der Waals surface area (Å²) in [5.41, 5.74) is 1.54. The van der Waals surface area contributed by atoms with Crippen LogP contribution in [0.1, 0.15) is 26.2 Å². The van der Waals surface area contributed by atoms with Crippen molar-refractivity contribution in [1.29, 1.82) is 0 Å². The first kappa shape index (κ1) is 22.3. The Bertz CT molecular complexity index is 1130.